The molecule has 4 saturated carbocycles. The summed E-state index contributed by atoms with van der Waals surface area (Å²) in [6.45, 7) is 1.96. The number of carbonyl (C=O) groups is 1. The molecule has 0 radical (unpaired) electrons. The first kappa shape index (κ1) is 17.0. The van der Waals surface area contributed by atoms with Gasteiger partial charge in [-0.1, -0.05) is 18.2 Å². The molecule has 4 aliphatic carbocycles. The van der Waals surface area contributed by atoms with Gasteiger partial charge in [0.05, 0.1) is 11.0 Å². The molecule has 1 N–H and O–H groups in total. The van der Waals surface area contributed by atoms with Crippen molar-refractivity contribution >= 4 is 5.97 Å². The number of rotatable bonds is 4. The Morgan fingerprint density at radius 1 is 1.22 bits per heavy atom. The van der Waals surface area contributed by atoms with Crippen LogP contribution in [0.2, 0.25) is 0 Å². The highest BCUT2D eigenvalue weighted by atomic mass is 16.5. The molecule has 0 spiro atoms. The van der Waals surface area contributed by atoms with Crippen LogP contribution in [0.1, 0.15) is 50.0 Å². The van der Waals surface area contributed by atoms with E-state index in [1.54, 1.807) is 0 Å². The Balaban J connectivity index is 1.31. The number of aryl methyl sites for hydroxylation is 1. The predicted molar refractivity (Wildman–Crippen MR) is 98.5 cm³/mol. The number of aromatic nitrogens is 1. The average molecular weight is 367 g/mol. The summed E-state index contributed by atoms with van der Waals surface area (Å²) < 4.78 is 11.5. The molecular weight excluding hydrogens is 342 g/mol. The molecule has 1 heterocycles. The van der Waals surface area contributed by atoms with Gasteiger partial charge in [-0.05, 0) is 69.4 Å². The van der Waals surface area contributed by atoms with Gasteiger partial charge in [0.2, 0.25) is 5.89 Å². The molecule has 1 aromatic heterocycles. The van der Waals surface area contributed by atoms with Crippen molar-refractivity contribution in [1.29, 1.82) is 0 Å². The number of hydrogen-bond donors (Lipinski definition) is 1. The van der Waals surface area contributed by atoms with Crippen LogP contribution in [-0.4, -0.2) is 21.7 Å². The van der Waals surface area contributed by atoms with E-state index in [4.69, 9.17) is 9.15 Å². The number of aliphatic hydroxyl groups is 1. The highest BCUT2D eigenvalue weighted by Gasteiger charge is 2.60. The molecule has 27 heavy (non-hydrogen) atoms. The van der Waals surface area contributed by atoms with Gasteiger partial charge in [-0.15, -0.1) is 0 Å². The monoisotopic (exact) mass is 367 g/mol. The number of ether oxygens (including phenoxy) is 1. The normalized spacial score (nSPS) is 34.0. The first-order valence-corrected chi connectivity index (χ1v) is 9.86. The second kappa shape index (κ2) is 5.93. The summed E-state index contributed by atoms with van der Waals surface area (Å²) in [7, 11) is 0. The highest BCUT2D eigenvalue weighted by molar-refractivity contribution is 5.77. The van der Waals surface area contributed by atoms with Crippen LogP contribution in [0.15, 0.2) is 34.7 Å². The zero-order valence-electron chi connectivity index (χ0n) is 15.6. The third-order valence-corrected chi connectivity index (χ3v) is 6.72. The van der Waals surface area contributed by atoms with Crippen molar-refractivity contribution in [2.24, 2.45) is 17.3 Å². The van der Waals surface area contributed by atoms with Crippen LogP contribution in [-0.2, 0) is 16.1 Å². The fraction of sp³-hybridized carbons (Fsp3) is 0.545. The van der Waals surface area contributed by atoms with Crippen molar-refractivity contribution in [2.75, 3.05) is 0 Å². The van der Waals surface area contributed by atoms with Crippen molar-refractivity contribution < 1.29 is 19.1 Å². The molecule has 142 valence electrons. The fourth-order valence-electron chi connectivity index (χ4n) is 6.01. The largest absolute Gasteiger partial charge is 0.459 e. The second-order valence-corrected chi connectivity index (χ2v) is 8.93. The van der Waals surface area contributed by atoms with Gasteiger partial charge in [0, 0.05) is 5.56 Å². The van der Waals surface area contributed by atoms with Crippen LogP contribution in [0.3, 0.4) is 0 Å². The Morgan fingerprint density at radius 2 is 1.93 bits per heavy atom. The van der Waals surface area contributed by atoms with Gasteiger partial charge in [-0.25, -0.2) is 4.98 Å². The van der Waals surface area contributed by atoms with E-state index < -0.39 is 11.0 Å². The van der Waals surface area contributed by atoms with Gasteiger partial charge in [0.15, 0.2) is 0 Å². The van der Waals surface area contributed by atoms with Crippen molar-refractivity contribution in [3.8, 4) is 11.5 Å². The average Bonchev–Trinajstić information content (AvgIpc) is 2.99. The Hall–Kier alpha value is -2.14. The van der Waals surface area contributed by atoms with Crippen LogP contribution < -0.4 is 0 Å². The number of nitrogens with zero attached hydrogens (tertiary/aromatic N) is 1. The molecule has 5 heteroatoms. The van der Waals surface area contributed by atoms with Crippen LogP contribution in [0.5, 0.6) is 0 Å². The van der Waals surface area contributed by atoms with Gasteiger partial charge < -0.3 is 14.3 Å². The summed E-state index contributed by atoms with van der Waals surface area (Å²) in [5, 5.41) is 10.8. The van der Waals surface area contributed by atoms with E-state index in [0.717, 1.165) is 37.7 Å². The minimum atomic E-state index is -0.659. The maximum Gasteiger partial charge on any atom is 0.312 e. The van der Waals surface area contributed by atoms with Gasteiger partial charge in [-0.3, -0.25) is 4.79 Å². The molecule has 6 rings (SSSR count). The van der Waals surface area contributed by atoms with Crippen molar-refractivity contribution in [3.63, 3.8) is 0 Å². The molecule has 0 saturated heterocycles. The van der Waals surface area contributed by atoms with E-state index in [2.05, 4.69) is 4.98 Å². The minimum Gasteiger partial charge on any atom is -0.459 e. The number of oxazole rings is 1. The van der Waals surface area contributed by atoms with Gasteiger partial charge in [0.1, 0.15) is 18.1 Å². The zero-order chi connectivity index (χ0) is 18.6. The molecule has 1 aromatic carbocycles. The molecule has 4 aliphatic rings. The summed E-state index contributed by atoms with van der Waals surface area (Å²) in [6.07, 6.45) is 5.12. The maximum absolute atomic E-state index is 13.0. The molecule has 4 fully saturated rings. The van der Waals surface area contributed by atoms with E-state index in [1.165, 1.54) is 0 Å². The fourth-order valence-corrected chi connectivity index (χ4v) is 6.01. The Kier molecular flexibility index (Phi) is 3.73. The van der Waals surface area contributed by atoms with Crippen molar-refractivity contribution in [1.82, 2.24) is 4.98 Å². The SMILES string of the molecule is Cc1oc(-c2ccccc2)nc1COC(=O)C12CC3CC(CC(O)(C3)C1)C2. The minimum absolute atomic E-state index is 0.122. The standard InChI is InChI=1S/C22H25NO4/c1-14-18(23-19(27-14)17-5-3-2-4-6-17)12-26-20(24)21-8-15-7-16(9-21)11-22(25,10-15)13-21/h2-6,15-16,25H,7-13H2,1H3. The molecule has 4 bridgehead atoms. The van der Waals surface area contributed by atoms with Crippen LogP contribution in [0.4, 0.5) is 0 Å². The molecule has 2 unspecified atom stereocenters. The quantitative estimate of drug-likeness (QED) is 0.826. The second-order valence-electron chi connectivity index (χ2n) is 8.93. The lowest BCUT2D eigenvalue weighted by Crippen LogP contribution is -2.58. The summed E-state index contributed by atoms with van der Waals surface area (Å²) >= 11 is 0. The predicted octanol–water partition coefficient (Wildman–Crippen LogP) is 4.02. The smallest absolute Gasteiger partial charge is 0.312 e. The number of benzene rings is 1. The van der Waals surface area contributed by atoms with E-state index in [-0.39, 0.29) is 12.6 Å². The van der Waals surface area contributed by atoms with E-state index in [0.29, 0.717) is 35.6 Å². The van der Waals surface area contributed by atoms with Crippen molar-refractivity contribution in [3.05, 3.63) is 41.8 Å². The number of hydrogen-bond acceptors (Lipinski definition) is 5. The van der Waals surface area contributed by atoms with Gasteiger partial charge in [-0.2, -0.15) is 0 Å². The van der Waals surface area contributed by atoms with E-state index in [1.807, 2.05) is 37.3 Å². The Bertz CT molecular complexity index is 858. The zero-order valence-corrected chi connectivity index (χ0v) is 15.6. The summed E-state index contributed by atoms with van der Waals surface area (Å²) in [6, 6.07) is 9.70. The summed E-state index contributed by atoms with van der Waals surface area (Å²) in [4.78, 5) is 17.5. The summed E-state index contributed by atoms with van der Waals surface area (Å²) in [5.41, 5.74) is 0.402. The Morgan fingerprint density at radius 3 is 2.59 bits per heavy atom. The van der Waals surface area contributed by atoms with E-state index >= 15 is 0 Å². The highest BCUT2D eigenvalue weighted by Crippen LogP contribution is 2.62. The first-order valence-electron chi connectivity index (χ1n) is 9.86. The molecule has 2 atom stereocenters. The van der Waals surface area contributed by atoms with Crippen LogP contribution in [0.25, 0.3) is 11.5 Å². The lowest BCUT2D eigenvalue weighted by atomic mass is 9.48. The van der Waals surface area contributed by atoms with Crippen molar-refractivity contribution in [2.45, 2.75) is 57.7 Å². The van der Waals surface area contributed by atoms with E-state index in [9.17, 15) is 9.90 Å². The molecule has 0 amide bonds. The Labute approximate surface area is 158 Å². The number of esters is 1. The maximum atomic E-state index is 13.0. The molecule has 5 nitrogen and oxygen atoms in total. The van der Waals surface area contributed by atoms with Crippen LogP contribution >= 0.6 is 0 Å². The topological polar surface area (TPSA) is 72.6 Å². The lowest BCUT2D eigenvalue weighted by Gasteiger charge is -2.58. The lowest BCUT2D eigenvalue weighted by molar-refractivity contribution is -0.197. The third-order valence-electron chi connectivity index (χ3n) is 6.72. The molecule has 2 aromatic rings. The summed E-state index contributed by atoms with van der Waals surface area (Å²) in [5.74, 6) is 1.97. The first-order chi connectivity index (χ1) is 12.9. The third kappa shape index (κ3) is 2.89. The number of carbonyl (C=O) groups excluding carboxylic acids is 1. The molecular formula is C22H25NO4. The van der Waals surface area contributed by atoms with Gasteiger partial charge >= 0.3 is 5.97 Å². The van der Waals surface area contributed by atoms with Gasteiger partial charge in [0.25, 0.3) is 0 Å². The molecule has 0 aliphatic heterocycles. The van der Waals surface area contributed by atoms with Crippen LogP contribution in [0, 0.1) is 24.2 Å².